The summed E-state index contributed by atoms with van der Waals surface area (Å²) >= 11 is 0. The number of aromatic nitrogens is 3. The molecule has 0 aliphatic rings. The summed E-state index contributed by atoms with van der Waals surface area (Å²) in [5.74, 6) is 0.620. The van der Waals surface area contributed by atoms with E-state index in [0.717, 1.165) is 67.1 Å². The van der Waals surface area contributed by atoms with Gasteiger partial charge in [0.1, 0.15) is 0 Å². The van der Waals surface area contributed by atoms with Gasteiger partial charge in [0.2, 0.25) is 0 Å². The Morgan fingerprint density at radius 1 is 0.351 bits per heavy atom. The monoisotopic (exact) mass is 726 g/mol. The predicted molar refractivity (Wildman–Crippen MR) is 234 cm³/mol. The third-order valence-corrected chi connectivity index (χ3v) is 10.6. The zero-order valence-corrected chi connectivity index (χ0v) is 30.9. The number of nitrogens with zero attached hydrogens (tertiary/aromatic N) is 4. The lowest BCUT2D eigenvalue weighted by Gasteiger charge is -2.15. The Hall–Kier alpha value is -7.87. The summed E-state index contributed by atoms with van der Waals surface area (Å²) in [6.45, 7) is 0. The molecule has 266 valence electrons. The number of hydrogen-bond acceptors (Lipinski definition) is 3. The third-order valence-electron chi connectivity index (χ3n) is 10.6. The smallest absolute Gasteiger partial charge is 0.160 e. The molecule has 10 aromatic rings. The van der Waals surface area contributed by atoms with Gasteiger partial charge in [0, 0.05) is 33.2 Å². The zero-order chi connectivity index (χ0) is 38.1. The van der Waals surface area contributed by atoms with Crippen LogP contribution < -0.4 is 0 Å². The minimum Gasteiger partial charge on any atom is -0.309 e. The van der Waals surface area contributed by atoms with Crippen LogP contribution in [-0.2, 0) is 0 Å². The molecule has 0 radical (unpaired) electrons. The molecule has 0 saturated heterocycles. The highest BCUT2D eigenvalue weighted by molar-refractivity contribution is 6.10. The molecular formula is C53H34N4. The van der Waals surface area contributed by atoms with Crippen molar-refractivity contribution in [2.24, 2.45) is 0 Å². The molecule has 4 nitrogen and oxygen atoms in total. The van der Waals surface area contributed by atoms with Crippen LogP contribution in [0.3, 0.4) is 0 Å². The van der Waals surface area contributed by atoms with Crippen LogP contribution in [0, 0.1) is 11.3 Å². The fraction of sp³-hybridized carbons (Fsp3) is 0. The fourth-order valence-electron chi connectivity index (χ4n) is 7.81. The highest BCUT2D eigenvalue weighted by Crippen LogP contribution is 2.38. The first-order chi connectivity index (χ1) is 28.2. The van der Waals surface area contributed by atoms with Gasteiger partial charge in [0.15, 0.2) is 5.82 Å². The minimum atomic E-state index is 0.605. The molecule has 4 heteroatoms. The second kappa shape index (κ2) is 14.4. The molecule has 0 unspecified atom stereocenters. The van der Waals surface area contributed by atoms with E-state index in [-0.39, 0.29) is 0 Å². The topological polar surface area (TPSA) is 54.5 Å². The van der Waals surface area contributed by atoms with Crippen molar-refractivity contribution in [1.82, 2.24) is 14.5 Å². The van der Waals surface area contributed by atoms with Crippen molar-refractivity contribution < 1.29 is 0 Å². The van der Waals surface area contributed by atoms with Crippen LogP contribution in [0.5, 0.6) is 0 Å². The van der Waals surface area contributed by atoms with Crippen LogP contribution >= 0.6 is 0 Å². The highest BCUT2D eigenvalue weighted by atomic mass is 15.0. The van der Waals surface area contributed by atoms with Crippen LogP contribution in [0.15, 0.2) is 206 Å². The van der Waals surface area contributed by atoms with Crippen LogP contribution in [0.1, 0.15) is 5.56 Å². The van der Waals surface area contributed by atoms with Gasteiger partial charge in [-0.15, -0.1) is 0 Å². The van der Waals surface area contributed by atoms with E-state index in [0.29, 0.717) is 11.4 Å². The average molecular weight is 727 g/mol. The summed E-state index contributed by atoms with van der Waals surface area (Å²) in [6, 6.07) is 73.9. The summed E-state index contributed by atoms with van der Waals surface area (Å²) in [7, 11) is 0. The Morgan fingerprint density at radius 3 is 1.53 bits per heavy atom. The van der Waals surface area contributed by atoms with Gasteiger partial charge in [-0.2, -0.15) is 5.26 Å². The Bertz CT molecular complexity index is 3050. The van der Waals surface area contributed by atoms with E-state index in [1.807, 2.05) is 60.7 Å². The van der Waals surface area contributed by atoms with Gasteiger partial charge in [-0.3, -0.25) is 0 Å². The quantitative estimate of drug-likeness (QED) is 0.164. The lowest BCUT2D eigenvalue weighted by molar-refractivity contribution is 1.16. The number of para-hydroxylation sites is 1. The Kier molecular flexibility index (Phi) is 8.52. The summed E-state index contributed by atoms with van der Waals surface area (Å²) in [6.07, 6.45) is 0. The first kappa shape index (κ1) is 33.7. The van der Waals surface area contributed by atoms with E-state index in [4.69, 9.17) is 9.97 Å². The second-order valence-electron chi connectivity index (χ2n) is 14.2. The molecule has 0 N–H and O–H groups in total. The van der Waals surface area contributed by atoms with Crippen LogP contribution in [0.4, 0.5) is 0 Å². The van der Waals surface area contributed by atoms with Crippen LogP contribution in [0.2, 0.25) is 0 Å². The number of nitriles is 1. The Balaban J connectivity index is 1.20. The maximum Gasteiger partial charge on any atom is 0.160 e. The van der Waals surface area contributed by atoms with E-state index in [1.165, 1.54) is 21.9 Å². The van der Waals surface area contributed by atoms with Crippen LogP contribution in [-0.4, -0.2) is 14.5 Å². The van der Waals surface area contributed by atoms with E-state index >= 15 is 0 Å². The maximum absolute atomic E-state index is 9.88. The summed E-state index contributed by atoms with van der Waals surface area (Å²) in [5.41, 5.74) is 15.0. The molecule has 0 bridgehead atoms. The van der Waals surface area contributed by atoms with Crippen molar-refractivity contribution in [1.29, 1.82) is 5.26 Å². The first-order valence-corrected chi connectivity index (χ1v) is 19.0. The molecule has 0 amide bonds. The van der Waals surface area contributed by atoms with E-state index in [1.54, 1.807) is 0 Å². The van der Waals surface area contributed by atoms with E-state index < -0.39 is 0 Å². The number of fused-ring (bicyclic) bond motifs is 3. The molecule has 10 rings (SSSR count). The van der Waals surface area contributed by atoms with Gasteiger partial charge in [-0.05, 0) is 81.9 Å². The molecule has 2 aromatic heterocycles. The lowest BCUT2D eigenvalue weighted by Crippen LogP contribution is -1.99. The first-order valence-electron chi connectivity index (χ1n) is 19.0. The molecule has 0 spiro atoms. The standard InChI is InChI=1S/C53H34N4/c54-35-36-13-12-20-42(29-36)44-30-45(53-55-49(40-16-6-2-7-17-40)34-50(56-53)41-18-8-3-9-19-41)32-46(31-44)57-51-22-11-10-21-47(51)48-28-27-43(33-52(48)57)39-25-23-38(24-26-39)37-14-4-1-5-15-37/h1-34H. The maximum atomic E-state index is 9.88. The average Bonchev–Trinajstić information content (AvgIpc) is 3.63. The number of rotatable bonds is 7. The summed E-state index contributed by atoms with van der Waals surface area (Å²) < 4.78 is 2.35. The van der Waals surface area contributed by atoms with Crippen molar-refractivity contribution in [3.63, 3.8) is 0 Å². The van der Waals surface area contributed by atoms with Gasteiger partial charge in [0.25, 0.3) is 0 Å². The second-order valence-corrected chi connectivity index (χ2v) is 14.2. The molecule has 57 heavy (non-hydrogen) atoms. The van der Waals surface area contributed by atoms with Gasteiger partial charge in [-0.1, -0.05) is 158 Å². The van der Waals surface area contributed by atoms with Crippen molar-refractivity contribution >= 4 is 21.8 Å². The van der Waals surface area contributed by atoms with Gasteiger partial charge < -0.3 is 4.57 Å². The van der Waals surface area contributed by atoms with Crippen molar-refractivity contribution in [3.05, 3.63) is 212 Å². The normalized spacial score (nSPS) is 11.1. The molecule has 0 fully saturated rings. The predicted octanol–water partition coefficient (Wildman–Crippen LogP) is 13.4. The molecule has 8 aromatic carbocycles. The van der Waals surface area contributed by atoms with Crippen LogP contribution in [0.25, 0.3) is 94.8 Å². The minimum absolute atomic E-state index is 0.605. The molecule has 0 atom stereocenters. The molecule has 0 saturated carbocycles. The SMILES string of the molecule is N#Cc1cccc(-c2cc(-c3nc(-c4ccccc4)cc(-c4ccccc4)n3)cc(-n3c4ccccc4c4ccc(-c5ccc(-c6ccccc6)cc5)cc43)c2)c1. The number of benzene rings is 8. The zero-order valence-electron chi connectivity index (χ0n) is 30.9. The molecule has 0 aliphatic heterocycles. The van der Waals surface area contributed by atoms with Gasteiger partial charge >= 0.3 is 0 Å². The van der Waals surface area contributed by atoms with Crippen molar-refractivity contribution in [2.75, 3.05) is 0 Å². The van der Waals surface area contributed by atoms with Crippen molar-refractivity contribution in [2.45, 2.75) is 0 Å². The third kappa shape index (κ3) is 6.44. The Morgan fingerprint density at radius 2 is 0.860 bits per heavy atom. The molecule has 0 aliphatic carbocycles. The van der Waals surface area contributed by atoms with E-state index in [9.17, 15) is 5.26 Å². The van der Waals surface area contributed by atoms with Gasteiger partial charge in [-0.25, -0.2) is 9.97 Å². The lowest BCUT2D eigenvalue weighted by atomic mass is 9.99. The molecular weight excluding hydrogens is 693 g/mol. The Labute approximate surface area is 331 Å². The molecule has 2 heterocycles. The summed E-state index contributed by atoms with van der Waals surface area (Å²) in [5, 5.41) is 12.2. The largest absolute Gasteiger partial charge is 0.309 e. The van der Waals surface area contributed by atoms with Gasteiger partial charge in [0.05, 0.1) is 34.1 Å². The van der Waals surface area contributed by atoms with E-state index in [2.05, 4.69) is 156 Å². The number of hydrogen-bond donors (Lipinski definition) is 0. The summed E-state index contributed by atoms with van der Waals surface area (Å²) in [4.78, 5) is 10.5. The van der Waals surface area contributed by atoms with Crippen molar-refractivity contribution in [3.8, 4) is 79.0 Å². The highest BCUT2D eigenvalue weighted by Gasteiger charge is 2.18. The fourth-order valence-corrected chi connectivity index (χ4v) is 7.81.